The van der Waals surface area contributed by atoms with Crippen LogP contribution in [0.15, 0.2) is 11.4 Å². The van der Waals surface area contributed by atoms with Crippen molar-refractivity contribution >= 4 is 17.3 Å². The molecule has 1 N–H and O–H groups in total. The van der Waals surface area contributed by atoms with E-state index in [0.29, 0.717) is 10.5 Å². The lowest BCUT2D eigenvalue weighted by molar-refractivity contribution is -0.143. The van der Waals surface area contributed by atoms with Crippen molar-refractivity contribution < 1.29 is 23.1 Å². The Morgan fingerprint density at radius 1 is 1.28 bits per heavy atom. The molecule has 3 rings (SSSR count). The molecule has 0 amide bonds. The van der Waals surface area contributed by atoms with Crippen molar-refractivity contribution in [1.82, 2.24) is 29.5 Å². The molecule has 0 bridgehead atoms. The number of halogens is 3. The zero-order chi connectivity index (χ0) is 18.4. The first-order chi connectivity index (χ1) is 11.6. The van der Waals surface area contributed by atoms with Gasteiger partial charge in [-0.25, -0.2) is 19.3 Å². The van der Waals surface area contributed by atoms with E-state index in [9.17, 15) is 18.0 Å². The summed E-state index contributed by atoms with van der Waals surface area (Å²) in [6, 6.07) is 0.929. The predicted molar refractivity (Wildman–Crippen MR) is 80.4 cm³/mol. The van der Waals surface area contributed by atoms with E-state index in [1.807, 2.05) is 0 Å². The summed E-state index contributed by atoms with van der Waals surface area (Å²) in [7, 11) is 0. The van der Waals surface area contributed by atoms with E-state index in [2.05, 4.69) is 20.2 Å². The minimum Gasteiger partial charge on any atom is -0.480 e. The molecule has 0 aromatic carbocycles. The molecule has 0 aliphatic heterocycles. The minimum absolute atomic E-state index is 0.00190. The lowest BCUT2D eigenvalue weighted by Crippen LogP contribution is -2.13. The van der Waals surface area contributed by atoms with Gasteiger partial charge in [-0.3, -0.25) is 4.79 Å². The number of carboxylic acid groups (broad SMARTS) is 1. The Kier molecular flexibility index (Phi) is 4.06. The van der Waals surface area contributed by atoms with Crippen LogP contribution in [0.5, 0.6) is 0 Å². The highest BCUT2D eigenvalue weighted by atomic mass is 32.1. The van der Waals surface area contributed by atoms with Crippen LogP contribution in [0.25, 0.3) is 16.6 Å². The third-order valence-corrected chi connectivity index (χ3v) is 3.90. The molecule has 0 radical (unpaired) electrons. The van der Waals surface area contributed by atoms with Crippen LogP contribution in [-0.2, 0) is 17.5 Å². The summed E-state index contributed by atoms with van der Waals surface area (Å²) in [5, 5.41) is 18.2. The van der Waals surface area contributed by atoms with Gasteiger partial charge >= 0.3 is 12.1 Å². The van der Waals surface area contributed by atoms with Crippen LogP contribution < -0.4 is 0 Å². The Morgan fingerprint density at radius 3 is 2.64 bits per heavy atom. The molecule has 0 aliphatic rings. The number of aliphatic carboxylic acids is 1. The fourth-order valence-corrected chi connectivity index (χ4v) is 2.96. The van der Waals surface area contributed by atoms with Crippen LogP contribution >= 0.6 is 11.3 Å². The molecule has 0 saturated heterocycles. The number of carbonyl (C=O) groups is 1. The van der Waals surface area contributed by atoms with Crippen LogP contribution in [0, 0.1) is 13.8 Å². The van der Waals surface area contributed by atoms with Gasteiger partial charge in [-0.2, -0.15) is 23.4 Å². The molecular formula is C13H11F3N6O2S. The van der Waals surface area contributed by atoms with E-state index in [4.69, 9.17) is 5.11 Å². The fourth-order valence-electron chi connectivity index (χ4n) is 2.19. The lowest BCUT2D eigenvalue weighted by Gasteiger charge is -2.07. The molecule has 0 aliphatic carbocycles. The highest BCUT2D eigenvalue weighted by Gasteiger charge is 2.36. The average Bonchev–Trinajstić information content (AvgIpc) is 3.15. The number of thiazole rings is 1. The molecule has 3 heterocycles. The van der Waals surface area contributed by atoms with Gasteiger partial charge in [0.1, 0.15) is 18.1 Å². The van der Waals surface area contributed by atoms with Crippen LogP contribution in [0.1, 0.15) is 17.2 Å². The van der Waals surface area contributed by atoms with Gasteiger partial charge in [-0.15, -0.1) is 11.3 Å². The topological polar surface area (TPSA) is 98.7 Å². The molecular weight excluding hydrogens is 361 g/mol. The summed E-state index contributed by atoms with van der Waals surface area (Å²) < 4.78 is 41.2. The van der Waals surface area contributed by atoms with Crippen molar-refractivity contribution in [3.63, 3.8) is 0 Å². The molecule has 3 aromatic rings. The Morgan fingerprint density at radius 2 is 2.00 bits per heavy atom. The largest absolute Gasteiger partial charge is 0.480 e. The summed E-state index contributed by atoms with van der Waals surface area (Å²) >= 11 is 0.939. The second-order valence-electron chi connectivity index (χ2n) is 5.13. The number of hydrogen-bond acceptors (Lipinski definition) is 6. The first-order valence-corrected chi connectivity index (χ1v) is 7.76. The fraction of sp³-hybridized carbons (Fsp3) is 0.308. The van der Waals surface area contributed by atoms with Crippen molar-refractivity contribution in [2.75, 3.05) is 0 Å². The summed E-state index contributed by atoms with van der Waals surface area (Å²) in [5.41, 5.74) is -0.508. The number of nitrogens with zero attached hydrogens (tertiary/aromatic N) is 6. The van der Waals surface area contributed by atoms with E-state index in [0.717, 1.165) is 22.1 Å². The summed E-state index contributed by atoms with van der Waals surface area (Å²) in [6.07, 6.45) is -4.58. The van der Waals surface area contributed by atoms with E-state index >= 15 is 0 Å². The van der Waals surface area contributed by atoms with Gasteiger partial charge in [-0.1, -0.05) is 0 Å². The summed E-state index contributed by atoms with van der Waals surface area (Å²) in [4.78, 5) is 19.1. The van der Waals surface area contributed by atoms with Crippen molar-refractivity contribution in [3.8, 4) is 16.6 Å². The maximum atomic E-state index is 13.1. The first-order valence-electron chi connectivity index (χ1n) is 6.88. The average molecular weight is 372 g/mol. The molecule has 12 heteroatoms. The lowest BCUT2D eigenvalue weighted by atomic mass is 10.3. The molecule has 0 spiro atoms. The maximum absolute atomic E-state index is 13.1. The summed E-state index contributed by atoms with van der Waals surface area (Å²) in [5.74, 6) is -0.625. The maximum Gasteiger partial charge on any atom is 0.433 e. The van der Waals surface area contributed by atoms with Crippen LogP contribution in [0.4, 0.5) is 13.2 Å². The van der Waals surface area contributed by atoms with Gasteiger partial charge in [-0.05, 0) is 19.9 Å². The standard InChI is InChI=1S/C13H11F3N6O2S/c1-6-3-9(13(14,15)16)22(19-6)12-18-8(5-25-12)11-17-7(2)20-21(11)4-10(23)24/h3,5H,4H2,1-2H3,(H,23,24). The smallest absolute Gasteiger partial charge is 0.433 e. The van der Waals surface area contributed by atoms with E-state index in [1.54, 1.807) is 6.92 Å². The van der Waals surface area contributed by atoms with E-state index < -0.39 is 24.4 Å². The van der Waals surface area contributed by atoms with Gasteiger partial charge < -0.3 is 5.11 Å². The number of hydrogen-bond donors (Lipinski definition) is 1. The normalized spacial score (nSPS) is 11.9. The highest BCUT2D eigenvalue weighted by molar-refractivity contribution is 7.12. The van der Waals surface area contributed by atoms with Gasteiger partial charge in [0.15, 0.2) is 11.5 Å². The van der Waals surface area contributed by atoms with E-state index in [1.165, 1.54) is 12.3 Å². The van der Waals surface area contributed by atoms with Gasteiger partial charge in [0.05, 0.1) is 5.69 Å². The molecule has 0 saturated carbocycles. The zero-order valence-electron chi connectivity index (χ0n) is 12.9. The van der Waals surface area contributed by atoms with Crippen molar-refractivity contribution in [3.05, 3.63) is 28.7 Å². The summed E-state index contributed by atoms with van der Waals surface area (Å²) in [6.45, 7) is 2.60. The number of rotatable bonds is 4. The number of aryl methyl sites for hydroxylation is 2. The Balaban J connectivity index is 2.04. The third kappa shape index (κ3) is 3.38. The quantitative estimate of drug-likeness (QED) is 0.755. The molecule has 8 nitrogen and oxygen atoms in total. The van der Waals surface area contributed by atoms with Crippen molar-refractivity contribution in [2.45, 2.75) is 26.6 Å². The second-order valence-corrected chi connectivity index (χ2v) is 5.97. The Bertz CT molecular complexity index is 942. The van der Waals surface area contributed by atoms with Crippen molar-refractivity contribution in [2.24, 2.45) is 0 Å². The molecule has 0 atom stereocenters. The molecule has 0 fully saturated rings. The van der Waals surface area contributed by atoms with Crippen LogP contribution in [0.3, 0.4) is 0 Å². The van der Waals surface area contributed by atoms with Crippen LogP contribution in [-0.4, -0.2) is 40.6 Å². The molecule has 25 heavy (non-hydrogen) atoms. The van der Waals surface area contributed by atoms with Gasteiger partial charge in [0, 0.05) is 5.38 Å². The monoisotopic (exact) mass is 372 g/mol. The Labute approximate surface area is 142 Å². The second kappa shape index (κ2) is 5.95. The SMILES string of the molecule is Cc1cc(C(F)(F)F)n(-c2nc(-c3nc(C)nn3CC(=O)O)cs2)n1. The minimum atomic E-state index is -4.58. The van der Waals surface area contributed by atoms with Gasteiger partial charge in [0.2, 0.25) is 5.13 Å². The molecule has 132 valence electrons. The number of carboxylic acids is 1. The molecule has 0 unspecified atom stereocenters. The predicted octanol–water partition coefficient (Wildman–Crippen LogP) is 2.31. The number of aromatic nitrogens is 6. The Hall–Kier alpha value is -2.76. The number of alkyl halides is 3. The third-order valence-electron chi connectivity index (χ3n) is 3.09. The van der Waals surface area contributed by atoms with Crippen molar-refractivity contribution in [1.29, 1.82) is 0 Å². The first kappa shape index (κ1) is 17.1. The van der Waals surface area contributed by atoms with Gasteiger partial charge in [0.25, 0.3) is 0 Å². The molecule has 3 aromatic heterocycles. The van der Waals surface area contributed by atoms with Crippen LogP contribution in [0.2, 0.25) is 0 Å². The zero-order valence-corrected chi connectivity index (χ0v) is 13.8. The highest BCUT2D eigenvalue weighted by Crippen LogP contribution is 2.33. The van der Waals surface area contributed by atoms with E-state index in [-0.39, 0.29) is 22.3 Å².